The number of nitrogens with zero attached hydrogens (tertiary/aromatic N) is 4. The van der Waals surface area contributed by atoms with E-state index in [1.165, 1.54) is 0 Å². The van der Waals surface area contributed by atoms with Crippen LogP contribution in [-0.4, -0.2) is 70.0 Å². The van der Waals surface area contributed by atoms with Crippen molar-refractivity contribution in [3.63, 3.8) is 0 Å². The van der Waals surface area contributed by atoms with Gasteiger partial charge in [0.05, 0.1) is 5.52 Å². The van der Waals surface area contributed by atoms with Gasteiger partial charge in [0.25, 0.3) is 5.91 Å². The van der Waals surface area contributed by atoms with Crippen LogP contribution in [-0.2, 0) is 4.74 Å². The van der Waals surface area contributed by atoms with Crippen LogP contribution in [0.5, 0.6) is 0 Å². The Hall–Kier alpha value is -2.90. The molecule has 2 fully saturated rings. The molecule has 0 bridgehead atoms. The molecular weight excluding hydrogens is 370 g/mol. The average molecular weight is 397 g/mol. The van der Waals surface area contributed by atoms with Crippen molar-refractivity contribution in [3.8, 4) is 0 Å². The first kappa shape index (κ1) is 19.4. The summed E-state index contributed by atoms with van der Waals surface area (Å²) in [6, 6.07) is 5.39. The summed E-state index contributed by atoms with van der Waals surface area (Å²) in [6.07, 6.45) is 0.704. The summed E-state index contributed by atoms with van der Waals surface area (Å²) in [5.74, 6) is 0.931. The highest BCUT2D eigenvalue weighted by molar-refractivity contribution is 5.97. The molecule has 3 atom stereocenters. The molecule has 4 rings (SSSR count). The lowest BCUT2D eigenvalue weighted by atomic mass is 10.0. The summed E-state index contributed by atoms with van der Waals surface area (Å²) in [6.45, 7) is 11.0. The first-order valence-electron chi connectivity index (χ1n) is 10.2. The number of hydrogen-bond donors (Lipinski definition) is 1. The fourth-order valence-corrected chi connectivity index (χ4v) is 4.14. The number of carbonyl (C=O) groups excluding carboxylic acids is 2. The minimum absolute atomic E-state index is 0.00304. The summed E-state index contributed by atoms with van der Waals surface area (Å²) in [5, 5.41) is 10.5. The van der Waals surface area contributed by atoms with Gasteiger partial charge in [0, 0.05) is 43.6 Å². The third-order valence-electron chi connectivity index (χ3n) is 6.29. The molecule has 29 heavy (non-hydrogen) atoms. The summed E-state index contributed by atoms with van der Waals surface area (Å²) in [7, 11) is 0. The monoisotopic (exact) mass is 397 g/mol. The van der Waals surface area contributed by atoms with Crippen molar-refractivity contribution in [1.82, 2.24) is 25.2 Å². The summed E-state index contributed by atoms with van der Waals surface area (Å²) in [5.41, 5.74) is 3.06. The number of H-pyrrole nitrogens is 1. The van der Waals surface area contributed by atoms with Crippen molar-refractivity contribution in [2.75, 3.05) is 32.8 Å². The predicted octanol–water partition coefficient (Wildman–Crippen LogP) is 2.70. The van der Waals surface area contributed by atoms with Gasteiger partial charge >= 0.3 is 6.09 Å². The van der Waals surface area contributed by atoms with E-state index in [0.717, 1.165) is 17.5 Å². The first-order valence-corrected chi connectivity index (χ1v) is 10.2. The number of amides is 2. The fourth-order valence-electron chi connectivity index (χ4n) is 4.14. The van der Waals surface area contributed by atoms with E-state index in [1.54, 1.807) is 17.0 Å². The second-order valence-corrected chi connectivity index (χ2v) is 8.20. The second kappa shape index (κ2) is 7.85. The highest BCUT2D eigenvalue weighted by atomic mass is 16.6. The van der Waals surface area contributed by atoms with Crippen molar-refractivity contribution >= 4 is 23.0 Å². The van der Waals surface area contributed by atoms with Gasteiger partial charge in [0.2, 0.25) is 0 Å². The Bertz CT molecular complexity index is 925. The van der Waals surface area contributed by atoms with E-state index >= 15 is 0 Å². The summed E-state index contributed by atoms with van der Waals surface area (Å²) >= 11 is 0. The highest BCUT2D eigenvalue weighted by Crippen LogP contribution is 2.32. The maximum Gasteiger partial charge on any atom is 0.410 e. The standard InChI is InChI=1S/C21H27N5O3/c1-4-13(2)14(3)12-29-21(28)26-10-16-8-25(9-17(16)11-26)20(27)15-5-6-18-19(7-15)23-24-22-18/h5-7,13,16-17H,3-4,8-12H2,1-2H3,(H,22,23,24)/t13?,16-,17+. The zero-order chi connectivity index (χ0) is 20.5. The highest BCUT2D eigenvalue weighted by Gasteiger charge is 2.43. The Morgan fingerprint density at radius 2 is 1.93 bits per heavy atom. The van der Waals surface area contributed by atoms with E-state index in [4.69, 9.17) is 4.74 Å². The largest absolute Gasteiger partial charge is 0.445 e. The van der Waals surface area contributed by atoms with Crippen LogP contribution in [0.4, 0.5) is 4.79 Å². The first-order chi connectivity index (χ1) is 14.0. The van der Waals surface area contributed by atoms with Gasteiger partial charge in [-0.05, 0) is 36.1 Å². The smallest absolute Gasteiger partial charge is 0.410 e. The molecule has 0 spiro atoms. The molecule has 2 aliphatic rings. The number of fused-ring (bicyclic) bond motifs is 2. The molecule has 154 valence electrons. The van der Waals surface area contributed by atoms with Crippen LogP contribution >= 0.6 is 0 Å². The zero-order valence-corrected chi connectivity index (χ0v) is 16.9. The van der Waals surface area contributed by atoms with Gasteiger partial charge in [0.1, 0.15) is 12.1 Å². The van der Waals surface area contributed by atoms with Crippen LogP contribution in [0.1, 0.15) is 30.6 Å². The lowest BCUT2D eigenvalue weighted by molar-refractivity contribution is 0.0769. The number of aromatic amines is 1. The van der Waals surface area contributed by atoms with E-state index in [2.05, 4.69) is 35.8 Å². The van der Waals surface area contributed by atoms with Crippen LogP contribution in [0.15, 0.2) is 30.4 Å². The van der Waals surface area contributed by atoms with Gasteiger partial charge in [0.15, 0.2) is 0 Å². The van der Waals surface area contributed by atoms with E-state index in [9.17, 15) is 9.59 Å². The van der Waals surface area contributed by atoms with E-state index < -0.39 is 0 Å². The fraction of sp³-hybridized carbons (Fsp3) is 0.524. The summed E-state index contributed by atoms with van der Waals surface area (Å²) < 4.78 is 5.44. The minimum atomic E-state index is -0.279. The van der Waals surface area contributed by atoms with Crippen LogP contribution in [0, 0.1) is 17.8 Å². The van der Waals surface area contributed by atoms with Gasteiger partial charge in [-0.2, -0.15) is 0 Å². The summed E-state index contributed by atoms with van der Waals surface area (Å²) in [4.78, 5) is 28.9. The SMILES string of the molecule is C=C(COC(=O)N1C[C@@H]2CN(C(=O)c3ccc4[nH]nnc4c3)C[C@@H]2C1)C(C)CC. The molecule has 8 nitrogen and oxygen atoms in total. The maximum atomic E-state index is 12.9. The van der Waals surface area contributed by atoms with Crippen LogP contribution in [0.3, 0.4) is 0 Å². The normalized spacial score (nSPS) is 22.0. The topological polar surface area (TPSA) is 91.4 Å². The lowest BCUT2D eigenvalue weighted by Gasteiger charge is -2.22. The molecule has 2 aliphatic heterocycles. The number of benzene rings is 1. The average Bonchev–Trinajstić information content (AvgIpc) is 3.44. The molecule has 1 aromatic heterocycles. The van der Waals surface area contributed by atoms with Crippen molar-refractivity contribution in [2.45, 2.75) is 20.3 Å². The number of carbonyl (C=O) groups is 2. The zero-order valence-electron chi connectivity index (χ0n) is 16.9. The molecule has 0 radical (unpaired) electrons. The Kier molecular flexibility index (Phi) is 5.25. The van der Waals surface area contributed by atoms with Crippen LogP contribution < -0.4 is 0 Å². The van der Waals surface area contributed by atoms with E-state index in [1.807, 2.05) is 11.0 Å². The number of nitrogens with one attached hydrogen (secondary N) is 1. The van der Waals surface area contributed by atoms with Gasteiger partial charge in [-0.25, -0.2) is 4.79 Å². The van der Waals surface area contributed by atoms with Gasteiger partial charge < -0.3 is 14.5 Å². The molecule has 1 N–H and O–H groups in total. The van der Waals surface area contributed by atoms with Crippen molar-refractivity contribution in [3.05, 3.63) is 35.9 Å². The van der Waals surface area contributed by atoms with Crippen molar-refractivity contribution < 1.29 is 14.3 Å². The third kappa shape index (κ3) is 3.83. The number of hydrogen-bond acceptors (Lipinski definition) is 5. The molecule has 2 amide bonds. The Morgan fingerprint density at radius 3 is 2.62 bits per heavy atom. The molecule has 2 saturated heterocycles. The van der Waals surface area contributed by atoms with Gasteiger partial charge in [-0.15, -0.1) is 5.10 Å². The van der Waals surface area contributed by atoms with E-state index in [0.29, 0.717) is 55.0 Å². The van der Waals surface area contributed by atoms with E-state index in [-0.39, 0.29) is 18.6 Å². The molecule has 1 unspecified atom stereocenters. The Morgan fingerprint density at radius 1 is 1.24 bits per heavy atom. The predicted molar refractivity (Wildman–Crippen MR) is 108 cm³/mol. The number of rotatable bonds is 5. The number of aromatic nitrogens is 3. The quantitative estimate of drug-likeness (QED) is 0.784. The van der Waals surface area contributed by atoms with Crippen LogP contribution in [0.2, 0.25) is 0 Å². The van der Waals surface area contributed by atoms with Crippen molar-refractivity contribution in [1.29, 1.82) is 0 Å². The number of ether oxygens (including phenoxy) is 1. The second-order valence-electron chi connectivity index (χ2n) is 8.20. The lowest BCUT2D eigenvalue weighted by Crippen LogP contribution is -2.36. The molecule has 2 aromatic rings. The molecule has 0 aliphatic carbocycles. The van der Waals surface area contributed by atoms with Crippen LogP contribution in [0.25, 0.3) is 11.0 Å². The molecule has 3 heterocycles. The van der Waals surface area contributed by atoms with Gasteiger partial charge in [-0.1, -0.05) is 25.6 Å². The number of likely N-dealkylation sites (tertiary alicyclic amines) is 2. The van der Waals surface area contributed by atoms with Crippen molar-refractivity contribution in [2.24, 2.45) is 17.8 Å². The molecular formula is C21H27N5O3. The maximum absolute atomic E-state index is 12.9. The Balaban J connectivity index is 1.31. The molecule has 1 aromatic carbocycles. The Labute approximate surface area is 169 Å². The minimum Gasteiger partial charge on any atom is -0.445 e. The third-order valence-corrected chi connectivity index (χ3v) is 6.29. The molecule has 0 saturated carbocycles. The van der Waals surface area contributed by atoms with Gasteiger partial charge in [-0.3, -0.25) is 9.89 Å². The molecule has 8 heteroatoms.